The Hall–Kier alpha value is -1.88. The summed E-state index contributed by atoms with van der Waals surface area (Å²) in [6.07, 6.45) is 2.34. The molecule has 106 valence electrons. The Morgan fingerprint density at radius 3 is 2.45 bits per heavy atom. The summed E-state index contributed by atoms with van der Waals surface area (Å²) in [4.78, 5) is 23.1. The van der Waals surface area contributed by atoms with Crippen LogP contribution in [0.5, 0.6) is 0 Å². The number of amides is 2. The van der Waals surface area contributed by atoms with Crippen LogP contribution in [0.3, 0.4) is 0 Å². The van der Waals surface area contributed by atoms with Crippen LogP contribution in [0, 0.1) is 0 Å². The summed E-state index contributed by atoms with van der Waals surface area (Å²) in [5.74, 6) is -0.632. The van der Waals surface area contributed by atoms with Crippen LogP contribution in [0.15, 0.2) is 18.2 Å². The van der Waals surface area contributed by atoms with Crippen molar-refractivity contribution >= 4 is 17.5 Å². The third-order valence-electron chi connectivity index (χ3n) is 3.80. The van der Waals surface area contributed by atoms with Gasteiger partial charge in [0.05, 0.1) is 23.3 Å². The van der Waals surface area contributed by atoms with Gasteiger partial charge in [0.1, 0.15) is 0 Å². The van der Waals surface area contributed by atoms with E-state index in [0.717, 1.165) is 18.5 Å². The lowest BCUT2D eigenvalue weighted by atomic mass is 9.99. The second-order valence-corrected chi connectivity index (χ2v) is 5.61. The monoisotopic (exact) mass is 274 g/mol. The first kappa shape index (κ1) is 13.1. The predicted molar refractivity (Wildman–Crippen MR) is 74.9 cm³/mol. The van der Waals surface area contributed by atoms with Gasteiger partial charge in [-0.2, -0.15) is 0 Å². The molecule has 0 saturated carbocycles. The third kappa shape index (κ3) is 2.41. The van der Waals surface area contributed by atoms with E-state index in [2.05, 4.69) is 24.5 Å². The minimum absolute atomic E-state index is 0.232. The van der Waals surface area contributed by atoms with Gasteiger partial charge in [-0.15, -0.1) is 0 Å². The van der Waals surface area contributed by atoms with Gasteiger partial charge in [0.25, 0.3) is 11.8 Å². The Kier molecular flexibility index (Phi) is 3.22. The largest absolute Gasteiger partial charge is 0.382 e. The maximum Gasteiger partial charge on any atom is 0.259 e. The van der Waals surface area contributed by atoms with Crippen molar-refractivity contribution in [2.24, 2.45) is 0 Å². The maximum absolute atomic E-state index is 11.6. The van der Waals surface area contributed by atoms with Crippen molar-refractivity contribution < 1.29 is 14.3 Å². The number of fused-ring (bicyclic) bond motifs is 1. The molecule has 0 aliphatic carbocycles. The average Bonchev–Trinajstić information content (AvgIpc) is 2.63. The molecule has 2 atom stereocenters. The first-order valence-electron chi connectivity index (χ1n) is 6.94. The van der Waals surface area contributed by atoms with Crippen molar-refractivity contribution in [3.63, 3.8) is 0 Å². The number of benzene rings is 1. The average molecular weight is 274 g/mol. The van der Waals surface area contributed by atoms with Gasteiger partial charge in [-0.3, -0.25) is 14.9 Å². The molecule has 2 heterocycles. The van der Waals surface area contributed by atoms with Gasteiger partial charge in [-0.1, -0.05) is 0 Å². The highest BCUT2D eigenvalue weighted by atomic mass is 16.5. The molecule has 2 aliphatic heterocycles. The first-order valence-corrected chi connectivity index (χ1v) is 6.94. The summed E-state index contributed by atoms with van der Waals surface area (Å²) in [7, 11) is 0. The minimum atomic E-state index is -0.317. The normalized spacial score (nSPS) is 29.0. The molecule has 2 N–H and O–H groups in total. The number of carbonyl (C=O) groups excluding carboxylic acids is 2. The van der Waals surface area contributed by atoms with E-state index in [1.54, 1.807) is 12.1 Å². The molecule has 5 heteroatoms. The zero-order valence-electron chi connectivity index (χ0n) is 11.6. The summed E-state index contributed by atoms with van der Waals surface area (Å²) in [6, 6.07) is 5.62. The number of nitrogens with one attached hydrogen (secondary N) is 2. The van der Waals surface area contributed by atoms with Gasteiger partial charge in [-0.25, -0.2) is 0 Å². The number of anilines is 1. The van der Waals surface area contributed by atoms with Gasteiger partial charge >= 0.3 is 0 Å². The van der Waals surface area contributed by atoms with E-state index < -0.39 is 0 Å². The SMILES string of the molecule is CC1CC(Nc2ccc3c(c2)C(=O)NC3=O)CC(C)O1. The van der Waals surface area contributed by atoms with Gasteiger partial charge in [0.2, 0.25) is 0 Å². The smallest absolute Gasteiger partial charge is 0.259 e. The fraction of sp³-hybridized carbons (Fsp3) is 0.467. The summed E-state index contributed by atoms with van der Waals surface area (Å²) in [5, 5.41) is 5.74. The van der Waals surface area contributed by atoms with Crippen LogP contribution < -0.4 is 10.6 Å². The zero-order chi connectivity index (χ0) is 14.3. The number of carbonyl (C=O) groups is 2. The van der Waals surface area contributed by atoms with Gasteiger partial charge in [-0.05, 0) is 44.9 Å². The summed E-state index contributed by atoms with van der Waals surface area (Å²) >= 11 is 0. The molecule has 2 aliphatic rings. The Labute approximate surface area is 117 Å². The van der Waals surface area contributed by atoms with E-state index in [4.69, 9.17) is 4.74 Å². The highest BCUT2D eigenvalue weighted by Crippen LogP contribution is 2.25. The molecular weight excluding hydrogens is 256 g/mol. The molecule has 1 aromatic rings. The Bertz CT molecular complexity index is 560. The van der Waals surface area contributed by atoms with E-state index in [0.29, 0.717) is 17.2 Å². The fourth-order valence-electron chi connectivity index (χ4n) is 3.02. The van der Waals surface area contributed by atoms with Crippen LogP contribution in [-0.4, -0.2) is 30.1 Å². The predicted octanol–water partition coefficient (Wildman–Crippen LogP) is 1.94. The molecule has 1 fully saturated rings. The third-order valence-corrected chi connectivity index (χ3v) is 3.80. The summed E-state index contributed by atoms with van der Waals surface area (Å²) in [6.45, 7) is 4.14. The van der Waals surface area contributed by atoms with Crippen LogP contribution >= 0.6 is 0 Å². The Morgan fingerprint density at radius 1 is 1.10 bits per heavy atom. The van der Waals surface area contributed by atoms with Crippen molar-refractivity contribution in [3.8, 4) is 0 Å². The van der Waals surface area contributed by atoms with Crippen molar-refractivity contribution in [3.05, 3.63) is 29.3 Å². The number of ether oxygens (including phenoxy) is 1. The van der Waals surface area contributed by atoms with E-state index in [1.807, 2.05) is 6.07 Å². The fourth-order valence-corrected chi connectivity index (χ4v) is 3.02. The lowest BCUT2D eigenvalue weighted by Crippen LogP contribution is -2.36. The molecule has 2 amide bonds. The highest BCUT2D eigenvalue weighted by Gasteiger charge is 2.28. The Morgan fingerprint density at radius 2 is 1.75 bits per heavy atom. The molecule has 0 spiro atoms. The van der Waals surface area contributed by atoms with Crippen LogP contribution in [0.4, 0.5) is 5.69 Å². The van der Waals surface area contributed by atoms with E-state index >= 15 is 0 Å². The van der Waals surface area contributed by atoms with Crippen LogP contribution in [-0.2, 0) is 4.74 Å². The lowest BCUT2D eigenvalue weighted by molar-refractivity contribution is -0.0337. The molecule has 1 aromatic carbocycles. The van der Waals surface area contributed by atoms with E-state index in [9.17, 15) is 9.59 Å². The molecule has 0 radical (unpaired) electrons. The standard InChI is InChI=1S/C15H18N2O3/c1-8-5-11(6-9(2)20-8)16-10-3-4-12-13(7-10)15(19)17-14(12)18/h3-4,7-9,11,16H,5-6H2,1-2H3,(H,17,18,19). The lowest BCUT2D eigenvalue weighted by Gasteiger charge is -2.33. The Balaban J connectivity index is 1.77. The molecule has 0 aromatic heterocycles. The molecule has 3 rings (SSSR count). The van der Waals surface area contributed by atoms with Gasteiger partial charge in [0, 0.05) is 11.7 Å². The van der Waals surface area contributed by atoms with Crippen molar-refractivity contribution in [1.29, 1.82) is 0 Å². The second-order valence-electron chi connectivity index (χ2n) is 5.61. The van der Waals surface area contributed by atoms with Crippen LogP contribution in [0.25, 0.3) is 0 Å². The summed E-state index contributed by atoms with van der Waals surface area (Å²) in [5.41, 5.74) is 1.78. The maximum atomic E-state index is 11.6. The van der Waals surface area contributed by atoms with Crippen molar-refractivity contribution in [1.82, 2.24) is 5.32 Å². The number of hydrogen-bond donors (Lipinski definition) is 2. The molecule has 0 bridgehead atoms. The molecule has 2 unspecified atom stereocenters. The van der Waals surface area contributed by atoms with Crippen LogP contribution in [0.1, 0.15) is 47.4 Å². The quantitative estimate of drug-likeness (QED) is 0.809. The minimum Gasteiger partial charge on any atom is -0.382 e. The van der Waals surface area contributed by atoms with Crippen molar-refractivity contribution in [2.45, 2.75) is 44.9 Å². The second kappa shape index (κ2) is 4.90. The van der Waals surface area contributed by atoms with Gasteiger partial charge in [0.15, 0.2) is 0 Å². The molecular formula is C15H18N2O3. The van der Waals surface area contributed by atoms with Gasteiger partial charge < -0.3 is 10.1 Å². The number of imide groups is 1. The number of rotatable bonds is 2. The van der Waals surface area contributed by atoms with Crippen LogP contribution in [0.2, 0.25) is 0 Å². The zero-order valence-corrected chi connectivity index (χ0v) is 11.6. The summed E-state index contributed by atoms with van der Waals surface area (Å²) < 4.78 is 5.71. The van der Waals surface area contributed by atoms with E-state index in [1.165, 1.54) is 0 Å². The molecule has 20 heavy (non-hydrogen) atoms. The highest BCUT2D eigenvalue weighted by molar-refractivity contribution is 6.21. The van der Waals surface area contributed by atoms with E-state index in [-0.39, 0.29) is 24.0 Å². The molecule has 1 saturated heterocycles. The topological polar surface area (TPSA) is 67.4 Å². The first-order chi connectivity index (χ1) is 9.52. The van der Waals surface area contributed by atoms with Crippen molar-refractivity contribution in [2.75, 3.05) is 5.32 Å². The number of hydrogen-bond acceptors (Lipinski definition) is 4. The molecule has 5 nitrogen and oxygen atoms in total.